The van der Waals surface area contributed by atoms with Gasteiger partial charge in [-0.05, 0) is 99.7 Å². The number of carbonyl (C=O) groups is 3. The van der Waals surface area contributed by atoms with E-state index in [1.54, 1.807) is 37.8 Å². The minimum absolute atomic E-state index is 0.0910. The summed E-state index contributed by atoms with van der Waals surface area (Å²) in [5.41, 5.74) is 3.07. The molecule has 4 rings (SSSR count). The van der Waals surface area contributed by atoms with Crippen LogP contribution in [0.1, 0.15) is 69.3 Å². The molecular weight excluding hydrogens is 578 g/mol. The zero-order chi connectivity index (χ0) is 33.6. The van der Waals surface area contributed by atoms with Crippen LogP contribution in [0.4, 0.5) is 10.5 Å². The normalized spacial score (nSPS) is 13.4. The van der Waals surface area contributed by atoms with Crippen molar-refractivity contribution in [2.75, 3.05) is 5.32 Å². The molecular formula is C38H45N3O5. The molecule has 3 amide bonds. The van der Waals surface area contributed by atoms with Gasteiger partial charge >= 0.3 is 6.09 Å². The number of amides is 3. The maximum atomic E-state index is 14.8. The molecule has 0 aliphatic carbocycles. The molecule has 8 heteroatoms. The summed E-state index contributed by atoms with van der Waals surface area (Å²) >= 11 is 0. The number of hydrogen-bond donors (Lipinski definition) is 3. The second kappa shape index (κ2) is 14.5. The van der Waals surface area contributed by atoms with Crippen molar-refractivity contribution < 1.29 is 24.2 Å². The number of alkyl carbamates (subject to hydrolysis) is 1. The lowest BCUT2D eigenvalue weighted by atomic mass is 9.93. The summed E-state index contributed by atoms with van der Waals surface area (Å²) in [4.78, 5) is 43.9. The average Bonchev–Trinajstić information content (AvgIpc) is 3.00. The molecule has 4 aromatic rings. The summed E-state index contributed by atoms with van der Waals surface area (Å²) in [6.07, 6.45) is -0.0520. The first kappa shape index (κ1) is 34.0. The van der Waals surface area contributed by atoms with Gasteiger partial charge in [-0.2, -0.15) is 0 Å². The van der Waals surface area contributed by atoms with E-state index in [2.05, 4.69) is 10.6 Å². The van der Waals surface area contributed by atoms with Gasteiger partial charge < -0.3 is 25.4 Å². The molecule has 3 N–H and O–H groups in total. The second-order valence-electron chi connectivity index (χ2n) is 12.9. The van der Waals surface area contributed by atoms with E-state index >= 15 is 0 Å². The van der Waals surface area contributed by atoms with E-state index in [0.29, 0.717) is 17.7 Å². The van der Waals surface area contributed by atoms with Crippen LogP contribution in [0.3, 0.4) is 0 Å². The van der Waals surface area contributed by atoms with E-state index in [4.69, 9.17) is 4.74 Å². The Labute approximate surface area is 271 Å². The molecule has 0 radical (unpaired) electrons. The number of rotatable bonds is 10. The van der Waals surface area contributed by atoms with E-state index in [0.717, 1.165) is 27.5 Å². The highest BCUT2D eigenvalue weighted by molar-refractivity contribution is 6.00. The predicted molar refractivity (Wildman–Crippen MR) is 183 cm³/mol. The Bertz CT molecular complexity index is 1690. The van der Waals surface area contributed by atoms with Crippen LogP contribution < -0.4 is 10.6 Å². The lowest BCUT2D eigenvalue weighted by Gasteiger charge is -2.39. The monoisotopic (exact) mass is 623 g/mol. The number of nitrogens with zero attached hydrogens (tertiary/aromatic N) is 1. The van der Waals surface area contributed by atoms with E-state index in [-0.39, 0.29) is 24.1 Å². The number of anilines is 1. The molecule has 3 atom stereocenters. The van der Waals surface area contributed by atoms with Crippen molar-refractivity contribution in [1.29, 1.82) is 0 Å². The highest BCUT2D eigenvalue weighted by Gasteiger charge is 2.39. The van der Waals surface area contributed by atoms with Gasteiger partial charge in [-0.25, -0.2) is 4.79 Å². The number of benzene rings is 4. The lowest BCUT2D eigenvalue weighted by molar-refractivity contribution is -0.143. The smallest absolute Gasteiger partial charge is 0.408 e. The zero-order valence-corrected chi connectivity index (χ0v) is 27.8. The standard InChI is InChI=1S/C38H45N3O5/c1-8-26(4)41(36(44)33(40-37(45)46-38(5,6)7)22-27-15-19-31(42)20-16-27)34(32-21-24(2)13-14-25(32)3)35(43)39-30-18-17-28-11-9-10-12-29(28)23-30/h9-21,23,26,33-34,42H,8,22H2,1-7H3,(H,39,43)(H,40,45). The molecule has 0 aliphatic rings. The Hall–Kier alpha value is -4.85. The van der Waals surface area contributed by atoms with Gasteiger partial charge in [0, 0.05) is 18.2 Å². The van der Waals surface area contributed by atoms with Crippen LogP contribution in [0.15, 0.2) is 84.9 Å². The summed E-state index contributed by atoms with van der Waals surface area (Å²) in [7, 11) is 0. The SMILES string of the molecule is CCC(C)N(C(=O)C(Cc1ccc(O)cc1)NC(=O)OC(C)(C)C)C(C(=O)Nc1ccc2ccccc2c1)c1cc(C)ccc1C. The van der Waals surface area contributed by atoms with Gasteiger partial charge in [0.05, 0.1) is 0 Å². The van der Waals surface area contributed by atoms with Gasteiger partial charge in [0.15, 0.2) is 0 Å². The maximum absolute atomic E-state index is 14.8. The van der Waals surface area contributed by atoms with Gasteiger partial charge in [0.1, 0.15) is 23.4 Å². The Morgan fingerprint density at radius 3 is 2.22 bits per heavy atom. The van der Waals surface area contributed by atoms with Gasteiger partial charge in [0.25, 0.3) is 5.91 Å². The Balaban J connectivity index is 1.80. The molecule has 3 unspecified atom stereocenters. The minimum Gasteiger partial charge on any atom is -0.508 e. The number of carbonyl (C=O) groups excluding carboxylic acids is 3. The average molecular weight is 624 g/mol. The molecule has 0 heterocycles. The number of aromatic hydroxyl groups is 1. The third-order valence-electron chi connectivity index (χ3n) is 7.96. The number of aryl methyl sites for hydroxylation is 2. The van der Waals surface area contributed by atoms with Crippen molar-refractivity contribution in [1.82, 2.24) is 10.2 Å². The first-order valence-electron chi connectivity index (χ1n) is 15.7. The number of fused-ring (bicyclic) bond motifs is 1. The highest BCUT2D eigenvalue weighted by Crippen LogP contribution is 2.31. The molecule has 242 valence electrons. The van der Waals surface area contributed by atoms with Gasteiger partial charge in [-0.3, -0.25) is 9.59 Å². The summed E-state index contributed by atoms with van der Waals surface area (Å²) in [6, 6.07) is 23.5. The maximum Gasteiger partial charge on any atom is 0.408 e. The number of nitrogens with one attached hydrogen (secondary N) is 2. The van der Waals surface area contributed by atoms with E-state index < -0.39 is 29.7 Å². The first-order valence-corrected chi connectivity index (χ1v) is 15.7. The van der Waals surface area contributed by atoms with E-state index in [1.807, 2.05) is 88.4 Å². The van der Waals surface area contributed by atoms with Gasteiger partial charge in [-0.1, -0.05) is 73.2 Å². The second-order valence-corrected chi connectivity index (χ2v) is 12.9. The minimum atomic E-state index is -1.06. The largest absolute Gasteiger partial charge is 0.508 e. The van der Waals surface area contributed by atoms with Crippen molar-refractivity contribution in [3.05, 3.63) is 107 Å². The van der Waals surface area contributed by atoms with Crippen molar-refractivity contribution in [3.8, 4) is 5.75 Å². The molecule has 0 saturated heterocycles. The summed E-state index contributed by atoms with van der Waals surface area (Å²) < 4.78 is 5.54. The molecule has 0 bridgehead atoms. The Morgan fingerprint density at radius 2 is 1.57 bits per heavy atom. The van der Waals surface area contributed by atoms with Crippen LogP contribution >= 0.6 is 0 Å². The third kappa shape index (κ3) is 8.65. The molecule has 0 aliphatic heterocycles. The van der Waals surface area contributed by atoms with Crippen LogP contribution in [0.25, 0.3) is 10.8 Å². The van der Waals surface area contributed by atoms with Crippen LogP contribution in [-0.4, -0.2) is 45.6 Å². The lowest BCUT2D eigenvalue weighted by Crippen LogP contribution is -2.55. The predicted octanol–water partition coefficient (Wildman–Crippen LogP) is 7.61. The molecule has 4 aromatic carbocycles. The molecule has 0 fully saturated rings. The molecule has 0 spiro atoms. The van der Waals surface area contributed by atoms with Crippen LogP contribution in [0, 0.1) is 13.8 Å². The van der Waals surface area contributed by atoms with Crippen LogP contribution in [0.5, 0.6) is 5.75 Å². The summed E-state index contributed by atoms with van der Waals surface area (Å²) in [5, 5.41) is 17.8. The number of phenolic OH excluding ortho intramolecular Hbond substituents is 1. The summed E-state index contributed by atoms with van der Waals surface area (Å²) in [6.45, 7) is 13.0. The number of ether oxygens (including phenoxy) is 1. The fourth-order valence-corrected chi connectivity index (χ4v) is 5.44. The van der Waals surface area contributed by atoms with Crippen LogP contribution in [0.2, 0.25) is 0 Å². The zero-order valence-electron chi connectivity index (χ0n) is 27.8. The number of hydrogen-bond acceptors (Lipinski definition) is 5. The summed E-state index contributed by atoms with van der Waals surface area (Å²) in [5.74, 6) is -0.695. The van der Waals surface area contributed by atoms with E-state index in [1.165, 1.54) is 12.1 Å². The fourth-order valence-electron chi connectivity index (χ4n) is 5.44. The third-order valence-corrected chi connectivity index (χ3v) is 7.96. The molecule has 0 saturated carbocycles. The van der Waals surface area contributed by atoms with Crippen LogP contribution in [-0.2, 0) is 20.7 Å². The molecule has 8 nitrogen and oxygen atoms in total. The fraction of sp³-hybridized carbons (Fsp3) is 0.342. The van der Waals surface area contributed by atoms with Gasteiger partial charge in [0.2, 0.25) is 5.91 Å². The quantitative estimate of drug-likeness (QED) is 0.169. The van der Waals surface area contributed by atoms with Crippen molar-refractivity contribution in [2.24, 2.45) is 0 Å². The number of phenols is 1. The Kier molecular flexibility index (Phi) is 10.7. The topological polar surface area (TPSA) is 108 Å². The van der Waals surface area contributed by atoms with E-state index in [9.17, 15) is 19.5 Å². The highest BCUT2D eigenvalue weighted by atomic mass is 16.6. The van der Waals surface area contributed by atoms with Crippen molar-refractivity contribution >= 4 is 34.4 Å². The van der Waals surface area contributed by atoms with Crippen molar-refractivity contribution in [3.63, 3.8) is 0 Å². The molecule has 46 heavy (non-hydrogen) atoms. The Morgan fingerprint density at radius 1 is 0.891 bits per heavy atom. The molecule has 0 aromatic heterocycles. The van der Waals surface area contributed by atoms with Crippen molar-refractivity contribution in [2.45, 2.75) is 85.0 Å². The first-order chi connectivity index (χ1) is 21.8. The van der Waals surface area contributed by atoms with Gasteiger partial charge in [-0.15, -0.1) is 0 Å².